The van der Waals surface area contributed by atoms with Crippen molar-refractivity contribution in [3.05, 3.63) is 101 Å². The van der Waals surface area contributed by atoms with Crippen molar-refractivity contribution in [2.24, 2.45) is 0 Å². The van der Waals surface area contributed by atoms with E-state index in [4.69, 9.17) is 4.74 Å². The number of ether oxygens (including phenoxy) is 1. The van der Waals surface area contributed by atoms with Gasteiger partial charge in [-0.1, -0.05) is 66.7 Å². The van der Waals surface area contributed by atoms with Crippen molar-refractivity contribution in [3.8, 4) is 16.9 Å². The van der Waals surface area contributed by atoms with Gasteiger partial charge in [0.2, 0.25) is 5.88 Å². The summed E-state index contributed by atoms with van der Waals surface area (Å²) < 4.78 is 72.2. The molecule has 2 N–H and O–H groups in total. The Kier molecular flexibility index (Phi) is 8.01. The van der Waals surface area contributed by atoms with Crippen LogP contribution < -0.4 is 9.64 Å². The molecule has 5 aromatic rings. The highest BCUT2D eigenvalue weighted by Crippen LogP contribution is 2.44. The molecule has 0 radical (unpaired) electrons. The van der Waals surface area contributed by atoms with E-state index in [2.05, 4.69) is 12.1 Å². The van der Waals surface area contributed by atoms with Gasteiger partial charge in [0.25, 0.3) is 20.2 Å². The third-order valence-corrected chi connectivity index (χ3v) is 10.2. The van der Waals surface area contributed by atoms with Gasteiger partial charge in [-0.3, -0.25) is 9.11 Å². The normalized spacial score (nSPS) is 14.5. The lowest BCUT2D eigenvalue weighted by atomic mass is 10.00. The fraction of sp³-hybridized carbons (Fsp3) is 0.188. The standard InChI is InChI=1S/C32H29NO7S3/c34-42(35,36)18-6-12-26-30(41-29-16-14-23-10-4-5-11-25(23)32(26)29)21-31-33(17-7-19-43(37,38)39)27-20-24(13-15-28(27)40-31)22-8-2-1-3-9-22/h1-5,8-11,13-16,20-21H,6-7,12,17-19H2,(H,34,35,36)(H,37,38,39)/b31-21-. The van der Waals surface area contributed by atoms with Crippen molar-refractivity contribution in [2.45, 2.75) is 19.3 Å². The third kappa shape index (κ3) is 6.61. The Morgan fingerprint density at radius 1 is 0.791 bits per heavy atom. The van der Waals surface area contributed by atoms with Crippen molar-refractivity contribution in [2.75, 3.05) is 23.0 Å². The van der Waals surface area contributed by atoms with E-state index in [1.165, 1.54) is 0 Å². The van der Waals surface area contributed by atoms with Crippen molar-refractivity contribution >= 4 is 64.2 Å². The molecule has 43 heavy (non-hydrogen) atoms. The molecule has 1 aliphatic rings. The molecular weight excluding hydrogens is 607 g/mol. The molecule has 11 heteroatoms. The summed E-state index contributed by atoms with van der Waals surface area (Å²) in [5.74, 6) is 0.386. The summed E-state index contributed by atoms with van der Waals surface area (Å²) in [5.41, 5.74) is 3.74. The number of thiophene rings is 1. The number of benzene rings is 4. The molecule has 4 aromatic carbocycles. The van der Waals surface area contributed by atoms with E-state index >= 15 is 0 Å². The molecule has 0 aliphatic carbocycles. The van der Waals surface area contributed by atoms with Crippen molar-refractivity contribution in [1.29, 1.82) is 0 Å². The summed E-state index contributed by atoms with van der Waals surface area (Å²) in [6.45, 7) is 0.281. The van der Waals surface area contributed by atoms with E-state index in [9.17, 15) is 25.9 Å². The van der Waals surface area contributed by atoms with Crippen LogP contribution in [0.3, 0.4) is 0 Å². The third-order valence-electron chi connectivity index (χ3n) is 7.41. The van der Waals surface area contributed by atoms with E-state index in [1.54, 1.807) is 11.3 Å². The van der Waals surface area contributed by atoms with Gasteiger partial charge in [-0.05, 0) is 64.9 Å². The summed E-state index contributed by atoms with van der Waals surface area (Å²) in [6.07, 6.45) is 2.75. The van der Waals surface area contributed by atoms with Crippen LogP contribution in [0, 0.1) is 0 Å². The number of aryl methyl sites for hydroxylation is 1. The fourth-order valence-corrected chi connectivity index (χ4v) is 7.71. The van der Waals surface area contributed by atoms with Gasteiger partial charge in [-0.25, -0.2) is 0 Å². The van der Waals surface area contributed by atoms with E-state index in [-0.39, 0.29) is 30.9 Å². The molecule has 8 nitrogen and oxygen atoms in total. The second-order valence-electron chi connectivity index (χ2n) is 10.4. The first-order valence-electron chi connectivity index (χ1n) is 13.8. The fourth-order valence-electron chi connectivity index (χ4n) is 5.51. The first kappa shape index (κ1) is 29.3. The van der Waals surface area contributed by atoms with Crippen LogP contribution in [0.2, 0.25) is 0 Å². The van der Waals surface area contributed by atoms with Crippen LogP contribution in [-0.4, -0.2) is 44.0 Å². The summed E-state index contributed by atoms with van der Waals surface area (Å²) in [5, 5.41) is 3.15. The lowest BCUT2D eigenvalue weighted by Crippen LogP contribution is -2.23. The van der Waals surface area contributed by atoms with Gasteiger partial charge >= 0.3 is 0 Å². The maximum Gasteiger partial charge on any atom is 0.264 e. The molecule has 0 amide bonds. The Hall–Kier alpha value is -3.74. The predicted molar refractivity (Wildman–Crippen MR) is 173 cm³/mol. The molecule has 0 bridgehead atoms. The quantitative estimate of drug-likeness (QED) is 0.157. The highest BCUT2D eigenvalue weighted by atomic mass is 32.2. The van der Waals surface area contributed by atoms with Crippen LogP contribution in [0.25, 0.3) is 38.1 Å². The zero-order valence-corrected chi connectivity index (χ0v) is 25.5. The number of rotatable bonds is 10. The van der Waals surface area contributed by atoms with Crippen LogP contribution in [0.1, 0.15) is 23.3 Å². The van der Waals surface area contributed by atoms with Crippen molar-refractivity contribution in [3.63, 3.8) is 0 Å². The molecule has 0 fully saturated rings. The Labute approximate surface area is 254 Å². The minimum atomic E-state index is -4.14. The van der Waals surface area contributed by atoms with Gasteiger partial charge in [0.1, 0.15) is 0 Å². The monoisotopic (exact) mass is 635 g/mol. The average Bonchev–Trinajstić information content (AvgIpc) is 3.49. The molecule has 222 valence electrons. The van der Waals surface area contributed by atoms with Gasteiger partial charge in [0.15, 0.2) is 5.75 Å². The Morgan fingerprint density at radius 2 is 1.51 bits per heavy atom. The zero-order chi connectivity index (χ0) is 30.2. The second-order valence-corrected chi connectivity index (χ2v) is 14.6. The summed E-state index contributed by atoms with van der Waals surface area (Å²) in [6, 6.07) is 27.9. The van der Waals surface area contributed by atoms with Gasteiger partial charge < -0.3 is 9.64 Å². The minimum Gasteiger partial charge on any atom is -0.439 e. The van der Waals surface area contributed by atoms with E-state index in [1.807, 2.05) is 83.8 Å². The van der Waals surface area contributed by atoms with Gasteiger partial charge in [0, 0.05) is 27.6 Å². The molecule has 6 rings (SSSR count). The first-order chi connectivity index (χ1) is 20.6. The summed E-state index contributed by atoms with van der Waals surface area (Å²) in [7, 11) is -8.26. The van der Waals surface area contributed by atoms with Crippen molar-refractivity contribution in [1.82, 2.24) is 0 Å². The van der Waals surface area contributed by atoms with E-state index in [0.717, 1.165) is 48.1 Å². The smallest absolute Gasteiger partial charge is 0.264 e. The maximum atomic E-state index is 11.5. The van der Waals surface area contributed by atoms with Gasteiger partial charge in [0.05, 0.1) is 17.2 Å². The molecular formula is C32H29NO7S3. The van der Waals surface area contributed by atoms with Crippen LogP contribution in [0.5, 0.6) is 5.75 Å². The highest BCUT2D eigenvalue weighted by Gasteiger charge is 2.28. The SMILES string of the molecule is O=S(=O)(O)CCCc1c(/C=C2\Oc3ccc(-c4ccccc4)cc3N2CCCS(=O)(=O)O)sc2ccc3ccccc3c12. The number of anilines is 1. The molecule has 0 saturated carbocycles. The minimum absolute atomic E-state index is 0.173. The summed E-state index contributed by atoms with van der Waals surface area (Å²) in [4.78, 5) is 2.80. The Bertz CT molecular complexity index is 2070. The molecule has 0 unspecified atom stereocenters. The molecule has 2 heterocycles. The largest absolute Gasteiger partial charge is 0.439 e. The first-order valence-corrected chi connectivity index (χ1v) is 17.8. The molecule has 1 aromatic heterocycles. The van der Waals surface area contributed by atoms with Crippen LogP contribution in [0.4, 0.5) is 5.69 Å². The van der Waals surface area contributed by atoms with E-state index in [0.29, 0.717) is 18.1 Å². The van der Waals surface area contributed by atoms with Gasteiger partial charge in [-0.15, -0.1) is 11.3 Å². The van der Waals surface area contributed by atoms with Crippen LogP contribution in [0.15, 0.2) is 90.8 Å². The predicted octanol–water partition coefficient (Wildman–Crippen LogP) is 7.02. The Balaban J connectivity index is 1.45. The Morgan fingerprint density at radius 3 is 2.28 bits per heavy atom. The molecule has 0 atom stereocenters. The number of hydrogen-bond donors (Lipinski definition) is 2. The second kappa shape index (κ2) is 11.7. The molecule has 1 aliphatic heterocycles. The van der Waals surface area contributed by atoms with Gasteiger partial charge in [-0.2, -0.15) is 16.8 Å². The average molecular weight is 636 g/mol. The number of nitrogens with zero attached hydrogens (tertiary/aromatic N) is 1. The molecule has 0 spiro atoms. The lowest BCUT2D eigenvalue weighted by Gasteiger charge is -2.18. The topological polar surface area (TPSA) is 121 Å². The summed E-state index contributed by atoms with van der Waals surface area (Å²) >= 11 is 1.56. The maximum absolute atomic E-state index is 11.5. The van der Waals surface area contributed by atoms with E-state index < -0.39 is 20.2 Å². The van der Waals surface area contributed by atoms with Crippen molar-refractivity contribution < 1.29 is 30.7 Å². The molecule has 0 saturated heterocycles. The van der Waals surface area contributed by atoms with Crippen LogP contribution in [-0.2, 0) is 26.7 Å². The van der Waals surface area contributed by atoms with Crippen LogP contribution >= 0.6 is 11.3 Å². The number of fused-ring (bicyclic) bond motifs is 4. The highest BCUT2D eigenvalue weighted by molar-refractivity contribution is 7.86. The number of hydrogen-bond acceptors (Lipinski definition) is 7. The lowest BCUT2D eigenvalue weighted by molar-refractivity contribution is 0.442. The zero-order valence-electron chi connectivity index (χ0n) is 23.0.